The van der Waals surface area contributed by atoms with Crippen LogP contribution in [0.2, 0.25) is 0 Å². The van der Waals surface area contributed by atoms with Gasteiger partial charge in [0, 0.05) is 25.0 Å². The van der Waals surface area contributed by atoms with Crippen LogP contribution in [-0.2, 0) is 14.8 Å². The molecular formula is C11H22N2O3S. The number of hydrogen-bond acceptors (Lipinski definition) is 3. The van der Waals surface area contributed by atoms with Gasteiger partial charge in [0.25, 0.3) is 0 Å². The molecule has 0 aliphatic heterocycles. The number of nitrogens with one attached hydrogen (secondary N) is 1. The number of hydrogen-bond donors (Lipinski definition) is 1. The van der Waals surface area contributed by atoms with Gasteiger partial charge >= 0.3 is 0 Å². The highest BCUT2D eigenvalue weighted by atomic mass is 32.2. The topological polar surface area (TPSA) is 66.5 Å². The molecule has 0 aromatic heterocycles. The fraction of sp³-hybridized carbons (Fsp3) is 0.727. The minimum atomic E-state index is -3.31. The van der Waals surface area contributed by atoms with E-state index >= 15 is 0 Å². The van der Waals surface area contributed by atoms with Crippen molar-refractivity contribution in [1.82, 2.24) is 9.62 Å². The number of carbonyl (C=O) groups excluding carboxylic acids is 1. The van der Waals surface area contributed by atoms with Crippen LogP contribution in [-0.4, -0.2) is 43.5 Å². The summed E-state index contributed by atoms with van der Waals surface area (Å²) >= 11 is 0. The van der Waals surface area contributed by atoms with Crippen molar-refractivity contribution in [3.05, 3.63) is 12.7 Å². The van der Waals surface area contributed by atoms with Crippen LogP contribution in [0.5, 0.6) is 0 Å². The third kappa shape index (κ3) is 6.43. The Morgan fingerprint density at radius 3 is 2.29 bits per heavy atom. The molecule has 0 unspecified atom stereocenters. The van der Waals surface area contributed by atoms with Crippen LogP contribution in [0.1, 0.15) is 27.2 Å². The second kappa shape index (κ2) is 6.16. The molecule has 0 saturated carbocycles. The van der Waals surface area contributed by atoms with E-state index in [-0.39, 0.29) is 18.9 Å². The Balaban J connectivity index is 4.49. The van der Waals surface area contributed by atoms with Crippen LogP contribution in [0, 0.1) is 0 Å². The normalized spacial score (nSPS) is 12.5. The van der Waals surface area contributed by atoms with Crippen molar-refractivity contribution in [3.8, 4) is 0 Å². The van der Waals surface area contributed by atoms with E-state index < -0.39 is 15.6 Å². The maximum absolute atomic E-state index is 11.6. The third-order valence-corrected chi connectivity index (χ3v) is 3.67. The van der Waals surface area contributed by atoms with Crippen molar-refractivity contribution in [2.45, 2.75) is 32.7 Å². The fourth-order valence-corrected chi connectivity index (χ4v) is 2.89. The van der Waals surface area contributed by atoms with Gasteiger partial charge in [0.05, 0.1) is 6.26 Å². The van der Waals surface area contributed by atoms with E-state index in [0.29, 0.717) is 6.54 Å². The summed E-state index contributed by atoms with van der Waals surface area (Å²) < 4.78 is 24.5. The number of nitrogens with zero attached hydrogens (tertiary/aromatic N) is 1. The molecule has 0 fully saturated rings. The molecule has 0 aliphatic carbocycles. The minimum Gasteiger partial charge on any atom is -0.353 e. The van der Waals surface area contributed by atoms with E-state index in [1.807, 2.05) is 0 Å². The summed E-state index contributed by atoms with van der Waals surface area (Å²) in [6.07, 6.45) is 2.88. The van der Waals surface area contributed by atoms with Crippen LogP contribution < -0.4 is 5.32 Å². The second-order valence-electron chi connectivity index (χ2n) is 4.85. The molecule has 0 heterocycles. The van der Waals surface area contributed by atoms with E-state index in [1.54, 1.807) is 26.8 Å². The molecule has 1 N–H and O–H groups in total. The summed E-state index contributed by atoms with van der Waals surface area (Å²) in [5.74, 6) is -0.178. The molecule has 0 spiro atoms. The van der Waals surface area contributed by atoms with Crippen molar-refractivity contribution in [2.24, 2.45) is 0 Å². The number of amides is 1. The lowest BCUT2D eigenvalue weighted by atomic mass is 10.1. The first-order valence-corrected chi connectivity index (χ1v) is 7.29. The Hall–Kier alpha value is -0.880. The molecule has 0 rings (SSSR count). The minimum absolute atomic E-state index is 0.151. The molecule has 17 heavy (non-hydrogen) atoms. The van der Waals surface area contributed by atoms with E-state index in [2.05, 4.69) is 11.9 Å². The lowest BCUT2D eigenvalue weighted by molar-refractivity contribution is -0.121. The first-order valence-electron chi connectivity index (χ1n) is 5.44. The van der Waals surface area contributed by atoms with Gasteiger partial charge in [0.1, 0.15) is 0 Å². The Bertz CT molecular complexity index is 369. The number of rotatable bonds is 6. The zero-order valence-electron chi connectivity index (χ0n) is 11.0. The maximum atomic E-state index is 11.6. The summed E-state index contributed by atoms with van der Waals surface area (Å²) in [5.41, 5.74) is -0.522. The zero-order chi connectivity index (χ0) is 13.7. The van der Waals surface area contributed by atoms with Crippen molar-refractivity contribution in [1.29, 1.82) is 0 Å². The highest BCUT2D eigenvalue weighted by Gasteiger charge is 2.29. The summed E-state index contributed by atoms with van der Waals surface area (Å²) in [6.45, 7) is 9.47. The van der Waals surface area contributed by atoms with Gasteiger partial charge in [-0.05, 0) is 20.8 Å². The summed E-state index contributed by atoms with van der Waals surface area (Å²) in [7, 11) is -3.31. The molecule has 5 nitrogen and oxygen atoms in total. The van der Waals surface area contributed by atoms with Crippen molar-refractivity contribution in [2.75, 3.05) is 19.3 Å². The van der Waals surface area contributed by atoms with Gasteiger partial charge < -0.3 is 5.32 Å². The van der Waals surface area contributed by atoms with Crippen molar-refractivity contribution < 1.29 is 13.2 Å². The largest absolute Gasteiger partial charge is 0.353 e. The van der Waals surface area contributed by atoms with Crippen LogP contribution >= 0.6 is 0 Å². The molecule has 0 radical (unpaired) electrons. The zero-order valence-corrected chi connectivity index (χ0v) is 11.8. The van der Waals surface area contributed by atoms with Gasteiger partial charge in [0.15, 0.2) is 0 Å². The molecule has 1 amide bonds. The van der Waals surface area contributed by atoms with Gasteiger partial charge in [-0.2, -0.15) is 4.31 Å². The predicted molar refractivity (Wildman–Crippen MR) is 69.1 cm³/mol. The second-order valence-corrected chi connectivity index (χ2v) is 6.76. The lowest BCUT2D eigenvalue weighted by Crippen LogP contribution is -2.46. The third-order valence-electron chi connectivity index (χ3n) is 2.13. The summed E-state index contributed by atoms with van der Waals surface area (Å²) in [5, 5.41) is 2.61. The SMILES string of the molecule is C=CCNC(=O)CCN(C(C)(C)C)S(C)(=O)=O. The Labute approximate surface area is 104 Å². The first kappa shape index (κ1) is 16.1. The predicted octanol–water partition coefficient (Wildman–Crippen LogP) is 0.739. The van der Waals surface area contributed by atoms with Crippen LogP contribution in [0.25, 0.3) is 0 Å². The molecule has 0 saturated heterocycles. The molecule has 0 aliphatic rings. The Morgan fingerprint density at radius 2 is 1.94 bits per heavy atom. The molecule has 100 valence electrons. The van der Waals surface area contributed by atoms with Crippen LogP contribution in [0.4, 0.5) is 0 Å². The van der Waals surface area contributed by atoms with Gasteiger partial charge in [-0.3, -0.25) is 4.79 Å². The van der Waals surface area contributed by atoms with Crippen molar-refractivity contribution in [3.63, 3.8) is 0 Å². The average Bonchev–Trinajstić information content (AvgIpc) is 2.10. The maximum Gasteiger partial charge on any atom is 0.221 e. The lowest BCUT2D eigenvalue weighted by Gasteiger charge is -2.33. The smallest absolute Gasteiger partial charge is 0.221 e. The highest BCUT2D eigenvalue weighted by Crippen LogP contribution is 2.17. The Kier molecular flexibility index (Phi) is 5.84. The first-order chi connectivity index (χ1) is 7.59. The van der Waals surface area contributed by atoms with Crippen LogP contribution in [0.3, 0.4) is 0 Å². The van der Waals surface area contributed by atoms with Gasteiger partial charge in [-0.15, -0.1) is 6.58 Å². The van der Waals surface area contributed by atoms with E-state index in [4.69, 9.17) is 0 Å². The summed E-state index contributed by atoms with van der Waals surface area (Å²) in [6, 6.07) is 0. The average molecular weight is 262 g/mol. The Morgan fingerprint density at radius 1 is 1.41 bits per heavy atom. The standard InChI is InChI=1S/C11H22N2O3S/c1-6-8-12-10(14)7-9-13(11(2,3)4)17(5,15)16/h6H,1,7-9H2,2-5H3,(H,12,14). The van der Waals surface area contributed by atoms with Gasteiger partial charge in [0.2, 0.25) is 15.9 Å². The van der Waals surface area contributed by atoms with E-state index in [1.165, 1.54) is 4.31 Å². The van der Waals surface area contributed by atoms with E-state index in [0.717, 1.165) is 6.26 Å². The quantitative estimate of drug-likeness (QED) is 0.718. The molecule has 6 heteroatoms. The molecule has 0 aromatic carbocycles. The van der Waals surface area contributed by atoms with Gasteiger partial charge in [-0.25, -0.2) is 8.42 Å². The van der Waals surface area contributed by atoms with Crippen molar-refractivity contribution >= 4 is 15.9 Å². The molecule has 0 bridgehead atoms. The monoisotopic (exact) mass is 262 g/mol. The summed E-state index contributed by atoms with van der Waals surface area (Å²) in [4.78, 5) is 11.4. The van der Waals surface area contributed by atoms with E-state index in [9.17, 15) is 13.2 Å². The highest BCUT2D eigenvalue weighted by molar-refractivity contribution is 7.88. The number of sulfonamides is 1. The molecular weight excluding hydrogens is 240 g/mol. The fourth-order valence-electron chi connectivity index (χ4n) is 1.48. The molecule has 0 aromatic rings. The molecule has 0 atom stereocenters. The van der Waals surface area contributed by atoms with Gasteiger partial charge in [-0.1, -0.05) is 6.08 Å². The number of carbonyl (C=O) groups is 1. The van der Waals surface area contributed by atoms with Crippen LogP contribution in [0.15, 0.2) is 12.7 Å².